The van der Waals surface area contributed by atoms with Gasteiger partial charge in [0, 0.05) is 5.56 Å². The van der Waals surface area contributed by atoms with E-state index in [1.165, 1.54) is 6.07 Å². The number of nitrogens with one attached hydrogen (secondary N) is 1. The molecule has 5 heteroatoms. The minimum Gasteiger partial charge on any atom is -0.319 e. The molecule has 1 unspecified atom stereocenters. The van der Waals surface area contributed by atoms with Crippen molar-refractivity contribution in [1.82, 2.24) is 10.2 Å². The zero-order valence-electron chi connectivity index (χ0n) is 14.3. The monoisotopic (exact) mass is 340 g/mol. The first-order chi connectivity index (χ1) is 11.9. The van der Waals surface area contributed by atoms with E-state index in [2.05, 4.69) is 5.32 Å². The van der Waals surface area contributed by atoms with Crippen LogP contribution in [0.3, 0.4) is 0 Å². The van der Waals surface area contributed by atoms with Crippen LogP contribution in [-0.2, 0) is 16.9 Å². The molecule has 1 saturated heterocycles. The number of carbonyl (C=O) groups is 2. The third-order valence-corrected chi connectivity index (χ3v) is 4.44. The van der Waals surface area contributed by atoms with E-state index in [1.807, 2.05) is 44.2 Å². The lowest BCUT2D eigenvalue weighted by Crippen LogP contribution is -2.45. The Morgan fingerprint density at radius 2 is 1.68 bits per heavy atom. The summed E-state index contributed by atoms with van der Waals surface area (Å²) >= 11 is 0. The summed E-state index contributed by atoms with van der Waals surface area (Å²) in [5.74, 6) is -0.567. The quantitative estimate of drug-likeness (QED) is 0.841. The molecule has 0 bridgehead atoms. The molecule has 1 N–H and O–H groups in total. The first-order valence-electron chi connectivity index (χ1n) is 8.37. The summed E-state index contributed by atoms with van der Waals surface area (Å²) in [6, 6.07) is 14.9. The summed E-state index contributed by atoms with van der Waals surface area (Å²) < 4.78 is 14.0. The maximum absolute atomic E-state index is 14.0. The van der Waals surface area contributed by atoms with Crippen LogP contribution in [0.25, 0.3) is 0 Å². The molecule has 4 nitrogen and oxygen atoms in total. The topological polar surface area (TPSA) is 49.4 Å². The van der Waals surface area contributed by atoms with Gasteiger partial charge in [-0.25, -0.2) is 9.18 Å². The summed E-state index contributed by atoms with van der Waals surface area (Å²) in [5, 5.41) is 2.87. The SMILES string of the molecule is CC(C)CC1(c2ccccc2)NC(=O)N(Cc2ccccc2F)C1=O. The molecule has 1 heterocycles. The first-order valence-corrected chi connectivity index (χ1v) is 8.37. The van der Waals surface area contributed by atoms with Gasteiger partial charge in [0.05, 0.1) is 6.54 Å². The predicted molar refractivity (Wildman–Crippen MR) is 93.1 cm³/mol. The second-order valence-electron chi connectivity index (χ2n) is 6.78. The van der Waals surface area contributed by atoms with Crippen molar-refractivity contribution in [1.29, 1.82) is 0 Å². The fraction of sp³-hybridized carbons (Fsp3) is 0.300. The lowest BCUT2D eigenvalue weighted by Gasteiger charge is -2.29. The van der Waals surface area contributed by atoms with E-state index in [0.717, 1.165) is 10.5 Å². The van der Waals surface area contributed by atoms with Crippen molar-refractivity contribution in [3.63, 3.8) is 0 Å². The van der Waals surface area contributed by atoms with Crippen LogP contribution < -0.4 is 5.32 Å². The molecule has 2 aromatic carbocycles. The fourth-order valence-electron chi connectivity index (χ4n) is 3.35. The molecule has 0 radical (unpaired) electrons. The Balaban J connectivity index is 1.98. The summed E-state index contributed by atoms with van der Waals surface area (Å²) in [7, 11) is 0. The number of hydrogen-bond acceptors (Lipinski definition) is 2. The third-order valence-electron chi connectivity index (χ3n) is 4.44. The van der Waals surface area contributed by atoms with Gasteiger partial charge in [0.25, 0.3) is 5.91 Å². The van der Waals surface area contributed by atoms with Crippen molar-refractivity contribution < 1.29 is 14.0 Å². The minimum atomic E-state index is -1.10. The number of carbonyl (C=O) groups excluding carboxylic acids is 2. The van der Waals surface area contributed by atoms with Crippen LogP contribution in [-0.4, -0.2) is 16.8 Å². The Labute approximate surface area is 146 Å². The molecule has 1 aliphatic heterocycles. The van der Waals surface area contributed by atoms with Gasteiger partial charge in [0.2, 0.25) is 0 Å². The van der Waals surface area contributed by atoms with Crippen LogP contribution in [0.15, 0.2) is 54.6 Å². The number of amides is 3. The average Bonchev–Trinajstić information content (AvgIpc) is 2.82. The van der Waals surface area contributed by atoms with Crippen molar-refractivity contribution in [3.8, 4) is 0 Å². The highest BCUT2D eigenvalue weighted by Crippen LogP contribution is 2.35. The fourth-order valence-corrected chi connectivity index (χ4v) is 3.35. The van der Waals surface area contributed by atoms with Gasteiger partial charge in [-0.3, -0.25) is 9.69 Å². The summed E-state index contributed by atoms with van der Waals surface area (Å²) in [5.41, 5.74) is -0.0323. The van der Waals surface area contributed by atoms with E-state index < -0.39 is 17.4 Å². The highest BCUT2D eigenvalue weighted by Gasteiger charge is 2.52. The van der Waals surface area contributed by atoms with E-state index in [9.17, 15) is 14.0 Å². The van der Waals surface area contributed by atoms with Gasteiger partial charge >= 0.3 is 6.03 Å². The van der Waals surface area contributed by atoms with Gasteiger partial charge in [-0.15, -0.1) is 0 Å². The zero-order valence-corrected chi connectivity index (χ0v) is 14.3. The number of rotatable bonds is 5. The van der Waals surface area contributed by atoms with Gasteiger partial charge in [0.1, 0.15) is 11.4 Å². The third kappa shape index (κ3) is 3.14. The lowest BCUT2D eigenvalue weighted by molar-refractivity contribution is -0.132. The number of benzene rings is 2. The van der Waals surface area contributed by atoms with Gasteiger partial charge in [-0.05, 0) is 24.0 Å². The molecule has 0 saturated carbocycles. The van der Waals surface area contributed by atoms with Crippen molar-refractivity contribution in [2.45, 2.75) is 32.4 Å². The van der Waals surface area contributed by atoms with Crippen LogP contribution in [0.5, 0.6) is 0 Å². The highest BCUT2D eigenvalue weighted by molar-refractivity contribution is 6.07. The van der Waals surface area contributed by atoms with Crippen LogP contribution in [0.1, 0.15) is 31.4 Å². The molecule has 0 aliphatic carbocycles. The Morgan fingerprint density at radius 1 is 1.04 bits per heavy atom. The maximum Gasteiger partial charge on any atom is 0.325 e. The van der Waals surface area contributed by atoms with Crippen molar-refractivity contribution in [2.75, 3.05) is 0 Å². The second-order valence-corrected chi connectivity index (χ2v) is 6.78. The maximum atomic E-state index is 14.0. The number of hydrogen-bond donors (Lipinski definition) is 1. The van der Waals surface area contributed by atoms with Crippen molar-refractivity contribution >= 4 is 11.9 Å². The summed E-state index contributed by atoms with van der Waals surface area (Å²) in [6.45, 7) is 3.93. The molecule has 25 heavy (non-hydrogen) atoms. The van der Waals surface area contributed by atoms with Crippen LogP contribution in [0.2, 0.25) is 0 Å². The summed E-state index contributed by atoms with van der Waals surface area (Å²) in [6.07, 6.45) is 0.482. The Morgan fingerprint density at radius 3 is 2.32 bits per heavy atom. The number of halogens is 1. The molecular weight excluding hydrogens is 319 g/mol. The lowest BCUT2D eigenvalue weighted by atomic mass is 9.82. The van der Waals surface area contributed by atoms with E-state index >= 15 is 0 Å². The smallest absolute Gasteiger partial charge is 0.319 e. The standard InChI is InChI=1S/C20H21FN2O2/c1-14(2)12-20(16-9-4-3-5-10-16)18(24)23(19(25)22-20)13-15-8-6-7-11-17(15)21/h3-11,14H,12-13H2,1-2H3,(H,22,25). The largest absolute Gasteiger partial charge is 0.325 e. The summed E-state index contributed by atoms with van der Waals surface area (Å²) in [4.78, 5) is 26.9. The molecule has 3 rings (SSSR count). The molecule has 1 aliphatic rings. The highest BCUT2D eigenvalue weighted by atomic mass is 19.1. The molecule has 1 fully saturated rings. The van der Waals surface area contributed by atoms with E-state index in [-0.39, 0.29) is 18.4 Å². The molecule has 3 amide bonds. The second kappa shape index (κ2) is 6.67. The Hall–Kier alpha value is -2.69. The minimum absolute atomic E-state index is 0.0793. The van der Waals surface area contributed by atoms with Crippen molar-refractivity contribution in [2.24, 2.45) is 5.92 Å². The molecule has 0 spiro atoms. The van der Waals surface area contributed by atoms with E-state index in [1.54, 1.807) is 18.2 Å². The van der Waals surface area contributed by atoms with Gasteiger partial charge in [-0.2, -0.15) is 0 Å². The van der Waals surface area contributed by atoms with E-state index in [0.29, 0.717) is 12.0 Å². The Kier molecular flexibility index (Phi) is 4.57. The van der Waals surface area contributed by atoms with Crippen LogP contribution in [0.4, 0.5) is 9.18 Å². The normalized spacial score (nSPS) is 20.2. The Bertz CT molecular complexity index is 791. The molecule has 2 aromatic rings. The van der Waals surface area contributed by atoms with Crippen LogP contribution in [0, 0.1) is 11.7 Å². The number of imide groups is 1. The predicted octanol–water partition coefficient (Wildman–Crippen LogP) is 3.82. The molecular formula is C20H21FN2O2. The van der Waals surface area contributed by atoms with Gasteiger partial charge < -0.3 is 5.32 Å². The average molecular weight is 340 g/mol. The number of urea groups is 1. The van der Waals surface area contributed by atoms with Crippen molar-refractivity contribution in [3.05, 3.63) is 71.5 Å². The number of nitrogens with zero attached hydrogens (tertiary/aromatic N) is 1. The first kappa shape index (κ1) is 17.1. The van der Waals surface area contributed by atoms with Gasteiger partial charge in [0.15, 0.2) is 0 Å². The molecule has 130 valence electrons. The molecule has 0 aromatic heterocycles. The zero-order chi connectivity index (χ0) is 18.0. The van der Waals surface area contributed by atoms with E-state index in [4.69, 9.17) is 0 Å². The van der Waals surface area contributed by atoms with Crippen LogP contribution >= 0.6 is 0 Å². The van der Waals surface area contributed by atoms with Gasteiger partial charge in [-0.1, -0.05) is 62.4 Å². The molecule has 1 atom stereocenters.